The van der Waals surface area contributed by atoms with Gasteiger partial charge in [-0.25, -0.2) is 5.01 Å². The molecule has 1 unspecified atom stereocenters. The summed E-state index contributed by atoms with van der Waals surface area (Å²) in [4.78, 5) is 10.4. The molecule has 0 saturated heterocycles. The molecule has 0 aromatic carbocycles. The Morgan fingerprint density at radius 1 is 1.50 bits per heavy atom. The van der Waals surface area contributed by atoms with Gasteiger partial charge in [-0.1, -0.05) is 6.92 Å². The lowest BCUT2D eigenvalue weighted by molar-refractivity contribution is -0.134. The molecular weight excluding hydrogens is 128 g/mol. The third-order valence-corrected chi connectivity index (χ3v) is 1.61. The van der Waals surface area contributed by atoms with E-state index >= 15 is 0 Å². The fourth-order valence-electron chi connectivity index (χ4n) is 0.779. The Morgan fingerprint density at radius 2 is 2.00 bits per heavy atom. The summed E-state index contributed by atoms with van der Waals surface area (Å²) in [5.41, 5.74) is 0. The van der Waals surface area contributed by atoms with Crippen molar-refractivity contribution in [1.82, 2.24) is 10.0 Å². The van der Waals surface area contributed by atoms with Crippen LogP contribution in [-0.4, -0.2) is 36.6 Å². The highest BCUT2D eigenvalue weighted by molar-refractivity contribution is 5.46. The quantitative estimate of drug-likeness (QED) is 0.429. The van der Waals surface area contributed by atoms with Gasteiger partial charge < -0.3 is 0 Å². The maximum Gasteiger partial charge on any atom is 0.224 e. The first-order valence-corrected chi connectivity index (χ1v) is 3.54. The van der Waals surface area contributed by atoms with Crippen LogP contribution in [0.2, 0.25) is 0 Å². The van der Waals surface area contributed by atoms with Crippen LogP contribution in [0.4, 0.5) is 0 Å². The summed E-state index contributed by atoms with van der Waals surface area (Å²) < 4.78 is 0. The Hall–Kier alpha value is -0.570. The fraction of sp³-hybridized carbons (Fsp3) is 0.857. The number of hydrogen-bond donors (Lipinski definition) is 0. The maximum absolute atomic E-state index is 10.4. The summed E-state index contributed by atoms with van der Waals surface area (Å²) in [5, 5.41) is 3.46. The number of nitrogens with zero attached hydrogens (tertiary/aromatic N) is 2. The highest BCUT2D eigenvalue weighted by atomic mass is 16.1. The van der Waals surface area contributed by atoms with E-state index in [0.717, 1.165) is 12.8 Å². The molecule has 0 aliphatic carbocycles. The average Bonchev–Trinajstić information content (AvgIpc) is 1.88. The van der Waals surface area contributed by atoms with Gasteiger partial charge in [-0.2, -0.15) is 0 Å². The SMILES string of the molecule is CCC(C)N(C=O)N(C)C. The molecule has 0 spiro atoms. The first-order chi connectivity index (χ1) is 4.63. The van der Waals surface area contributed by atoms with Crippen LogP contribution in [0.25, 0.3) is 0 Å². The van der Waals surface area contributed by atoms with E-state index in [1.54, 1.807) is 10.0 Å². The minimum atomic E-state index is 0.299. The smallest absolute Gasteiger partial charge is 0.224 e. The number of amides is 1. The minimum absolute atomic E-state index is 0.299. The van der Waals surface area contributed by atoms with Gasteiger partial charge >= 0.3 is 0 Å². The van der Waals surface area contributed by atoms with Crippen molar-refractivity contribution in [1.29, 1.82) is 0 Å². The lowest BCUT2D eigenvalue weighted by Crippen LogP contribution is -2.41. The van der Waals surface area contributed by atoms with Crippen LogP contribution in [0.5, 0.6) is 0 Å². The molecule has 0 N–H and O–H groups in total. The van der Waals surface area contributed by atoms with Crippen molar-refractivity contribution in [3.63, 3.8) is 0 Å². The lowest BCUT2D eigenvalue weighted by atomic mass is 10.2. The van der Waals surface area contributed by atoms with Crippen molar-refractivity contribution in [2.45, 2.75) is 26.3 Å². The molecule has 1 atom stereocenters. The molecule has 0 aliphatic heterocycles. The second kappa shape index (κ2) is 4.28. The van der Waals surface area contributed by atoms with Crippen molar-refractivity contribution >= 4 is 6.41 Å². The van der Waals surface area contributed by atoms with E-state index in [1.807, 2.05) is 21.0 Å². The Morgan fingerprint density at radius 3 is 2.10 bits per heavy atom. The third kappa shape index (κ3) is 2.35. The maximum atomic E-state index is 10.4. The van der Waals surface area contributed by atoms with Gasteiger partial charge in [0.25, 0.3) is 0 Å². The van der Waals surface area contributed by atoms with Crippen LogP contribution >= 0.6 is 0 Å². The molecule has 60 valence electrons. The van der Waals surface area contributed by atoms with Crippen molar-refractivity contribution in [2.24, 2.45) is 0 Å². The molecule has 0 radical (unpaired) electrons. The van der Waals surface area contributed by atoms with E-state index in [0.29, 0.717) is 6.04 Å². The highest BCUT2D eigenvalue weighted by Gasteiger charge is 2.10. The first kappa shape index (κ1) is 9.43. The lowest BCUT2D eigenvalue weighted by Gasteiger charge is -2.29. The number of carbonyl (C=O) groups is 1. The molecule has 3 nitrogen and oxygen atoms in total. The number of hydrogen-bond acceptors (Lipinski definition) is 2. The molecule has 0 aromatic rings. The normalized spacial score (nSPS) is 13.3. The Bertz CT molecular complexity index is 104. The zero-order valence-corrected chi connectivity index (χ0v) is 7.16. The van der Waals surface area contributed by atoms with Crippen molar-refractivity contribution < 1.29 is 4.79 Å². The monoisotopic (exact) mass is 144 g/mol. The zero-order chi connectivity index (χ0) is 8.15. The second-order valence-electron chi connectivity index (χ2n) is 2.59. The van der Waals surface area contributed by atoms with Crippen molar-refractivity contribution in [3.8, 4) is 0 Å². The molecule has 0 fully saturated rings. The standard InChI is InChI=1S/C7H16N2O/c1-5-7(2)9(6-10)8(3)4/h6-7H,5H2,1-4H3. The molecule has 0 rings (SSSR count). The summed E-state index contributed by atoms with van der Waals surface area (Å²) in [6.45, 7) is 4.08. The molecule has 3 heteroatoms. The summed E-state index contributed by atoms with van der Waals surface area (Å²) in [5.74, 6) is 0. The summed E-state index contributed by atoms with van der Waals surface area (Å²) in [6.07, 6.45) is 1.84. The van der Waals surface area contributed by atoms with Gasteiger partial charge in [0.05, 0.1) is 0 Å². The molecule has 0 heterocycles. The van der Waals surface area contributed by atoms with Gasteiger partial charge in [0, 0.05) is 20.1 Å². The highest BCUT2D eigenvalue weighted by Crippen LogP contribution is 2.00. The summed E-state index contributed by atoms with van der Waals surface area (Å²) in [6, 6.07) is 0.299. The third-order valence-electron chi connectivity index (χ3n) is 1.61. The number of carbonyl (C=O) groups excluding carboxylic acids is 1. The zero-order valence-electron chi connectivity index (χ0n) is 7.16. The predicted molar refractivity (Wildman–Crippen MR) is 41.3 cm³/mol. The van der Waals surface area contributed by atoms with Crippen LogP contribution in [0.3, 0.4) is 0 Å². The summed E-state index contributed by atoms with van der Waals surface area (Å²) >= 11 is 0. The molecular formula is C7H16N2O. The van der Waals surface area contributed by atoms with E-state index in [2.05, 4.69) is 6.92 Å². The Kier molecular flexibility index (Phi) is 4.03. The van der Waals surface area contributed by atoms with Gasteiger partial charge in [0.15, 0.2) is 0 Å². The van der Waals surface area contributed by atoms with Crippen LogP contribution in [0.15, 0.2) is 0 Å². The van der Waals surface area contributed by atoms with Gasteiger partial charge in [-0.05, 0) is 13.3 Å². The largest absolute Gasteiger partial charge is 0.277 e. The van der Waals surface area contributed by atoms with Crippen LogP contribution in [0, 0.1) is 0 Å². The molecule has 0 aromatic heterocycles. The van der Waals surface area contributed by atoms with E-state index in [9.17, 15) is 4.79 Å². The number of rotatable bonds is 4. The molecule has 10 heavy (non-hydrogen) atoms. The van der Waals surface area contributed by atoms with E-state index in [-0.39, 0.29) is 0 Å². The van der Waals surface area contributed by atoms with Gasteiger partial charge in [-0.15, -0.1) is 0 Å². The molecule has 0 bridgehead atoms. The Balaban J connectivity index is 3.92. The summed E-state index contributed by atoms with van der Waals surface area (Å²) in [7, 11) is 3.72. The fourth-order valence-corrected chi connectivity index (χ4v) is 0.779. The molecule has 1 amide bonds. The van der Waals surface area contributed by atoms with E-state index in [1.165, 1.54) is 0 Å². The van der Waals surface area contributed by atoms with E-state index < -0.39 is 0 Å². The second-order valence-corrected chi connectivity index (χ2v) is 2.59. The minimum Gasteiger partial charge on any atom is -0.277 e. The predicted octanol–water partition coefficient (Wildman–Crippen LogP) is 0.720. The Labute approximate surface area is 62.6 Å². The molecule has 0 saturated carbocycles. The first-order valence-electron chi connectivity index (χ1n) is 3.54. The van der Waals surface area contributed by atoms with E-state index in [4.69, 9.17) is 0 Å². The molecule has 0 aliphatic rings. The van der Waals surface area contributed by atoms with Crippen molar-refractivity contribution in [3.05, 3.63) is 0 Å². The van der Waals surface area contributed by atoms with Crippen molar-refractivity contribution in [2.75, 3.05) is 14.1 Å². The average molecular weight is 144 g/mol. The van der Waals surface area contributed by atoms with Gasteiger partial charge in [0.1, 0.15) is 0 Å². The van der Waals surface area contributed by atoms with Crippen LogP contribution < -0.4 is 0 Å². The van der Waals surface area contributed by atoms with Gasteiger partial charge in [0.2, 0.25) is 6.41 Å². The topological polar surface area (TPSA) is 23.6 Å². The van der Waals surface area contributed by atoms with Gasteiger partial charge in [-0.3, -0.25) is 9.80 Å². The van der Waals surface area contributed by atoms with Crippen LogP contribution in [0.1, 0.15) is 20.3 Å². The number of hydrazine groups is 1. The van der Waals surface area contributed by atoms with Crippen LogP contribution in [-0.2, 0) is 4.79 Å².